The summed E-state index contributed by atoms with van der Waals surface area (Å²) in [6.45, 7) is 20.1. The molecular weight excluding hydrogens is 484 g/mol. The summed E-state index contributed by atoms with van der Waals surface area (Å²) in [5.41, 5.74) is 5.66. The third-order valence-electron chi connectivity index (χ3n) is 6.10. The Bertz CT molecular complexity index is 1040. The molecule has 1 saturated heterocycles. The molecule has 206 valence electrons. The lowest BCUT2D eigenvalue weighted by Crippen LogP contribution is -2.57. The summed E-state index contributed by atoms with van der Waals surface area (Å²) in [6.07, 6.45) is 1.39. The molecule has 8 heteroatoms. The molecule has 3 amide bonds. The SMILES string of the molecule is CC.CC.CC(=O)NC(C(=O)N1CCCC1C(=O)NCc1ccc(-c2scnc2C)cc1C)C(C)(C)C. The summed E-state index contributed by atoms with van der Waals surface area (Å²) in [5, 5.41) is 5.80. The van der Waals surface area contributed by atoms with Gasteiger partial charge in [-0.1, -0.05) is 66.7 Å². The minimum absolute atomic E-state index is 0.155. The molecule has 1 aliphatic rings. The van der Waals surface area contributed by atoms with Gasteiger partial charge in [0.15, 0.2) is 0 Å². The van der Waals surface area contributed by atoms with Crippen LogP contribution in [-0.4, -0.2) is 46.2 Å². The molecule has 1 aromatic carbocycles. The molecule has 2 unspecified atom stereocenters. The Morgan fingerprint density at radius 3 is 2.30 bits per heavy atom. The predicted octanol–water partition coefficient (Wildman–Crippen LogP) is 5.64. The van der Waals surface area contributed by atoms with Crippen molar-refractivity contribution in [3.8, 4) is 10.4 Å². The van der Waals surface area contributed by atoms with E-state index in [1.54, 1.807) is 16.2 Å². The Hall–Kier alpha value is -2.74. The highest BCUT2D eigenvalue weighted by Crippen LogP contribution is 2.29. The minimum atomic E-state index is -0.673. The molecule has 1 aliphatic heterocycles. The van der Waals surface area contributed by atoms with Crippen LogP contribution in [0.3, 0.4) is 0 Å². The van der Waals surface area contributed by atoms with Gasteiger partial charge in [-0.25, -0.2) is 4.98 Å². The van der Waals surface area contributed by atoms with Crippen LogP contribution >= 0.6 is 11.3 Å². The zero-order valence-corrected chi connectivity index (χ0v) is 25.1. The number of amides is 3. The Morgan fingerprint density at radius 2 is 1.78 bits per heavy atom. The maximum absolute atomic E-state index is 13.3. The van der Waals surface area contributed by atoms with Crippen LogP contribution in [0.25, 0.3) is 10.4 Å². The number of nitrogens with zero attached hydrogens (tertiary/aromatic N) is 2. The Labute approximate surface area is 227 Å². The first kappa shape index (κ1) is 32.3. The molecule has 37 heavy (non-hydrogen) atoms. The number of carbonyl (C=O) groups is 3. The number of likely N-dealkylation sites (tertiary alicyclic amines) is 1. The monoisotopic (exact) mass is 530 g/mol. The van der Waals surface area contributed by atoms with Gasteiger partial charge in [0.1, 0.15) is 12.1 Å². The molecule has 2 heterocycles. The zero-order chi connectivity index (χ0) is 28.3. The molecular formula is C29H46N4O3S. The lowest BCUT2D eigenvalue weighted by Gasteiger charge is -2.35. The summed E-state index contributed by atoms with van der Waals surface area (Å²) in [7, 11) is 0. The molecule has 1 aromatic heterocycles. The smallest absolute Gasteiger partial charge is 0.246 e. The topological polar surface area (TPSA) is 91.4 Å². The van der Waals surface area contributed by atoms with Crippen molar-refractivity contribution in [2.45, 2.75) is 101 Å². The summed E-state index contributed by atoms with van der Waals surface area (Å²) in [4.78, 5) is 45.1. The van der Waals surface area contributed by atoms with Crippen molar-refractivity contribution in [2.24, 2.45) is 5.41 Å². The first-order valence-corrected chi connectivity index (χ1v) is 14.2. The van der Waals surface area contributed by atoms with E-state index in [1.165, 1.54) is 6.92 Å². The highest BCUT2D eigenvalue weighted by Gasteiger charge is 2.41. The Kier molecular flexibility index (Phi) is 13.0. The maximum atomic E-state index is 13.3. The fraction of sp³-hybridized carbons (Fsp3) is 0.586. The molecule has 0 saturated carbocycles. The summed E-state index contributed by atoms with van der Waals surface area (Å²) >= 11 is 1.62. The number of hydrogen-bond donors (Lipinski definition) is 2. The molecule has 2 aromatic rings. The van der Waals surface area contributed by atoms with Gasteiger partial charge in [-0.05, 0) is 48.8 Å². The second kappa shape index (κ2) is 14.9. The normalized spacial score (nSPS) is 15.5. The average molecular weight is 531 g/mol. The number of benzene rings is 1. The fourth-order valence-corrected chi connectivity index (χ4v) is 5.04. The third kappa shape index (κ3) is 8.66. The number of aryl methyl sites for hydroxylation is 2. The number of hydrogen-bond acceptors (Lipinski definition) is 5. The highest BCUT2D eigenvalue weighted by molar-refractivity contribution is 7.13. The highest BCUT2D eigenvalue weighted by atomic mass is 32.1. The van der Waals surface area contributed by atoms with Gasteiger partial charge in [0.2, 0.25) is 17.7 Å². The van der Waals surface area contributed by atoms with Crippen LogP contribution in [0.15, 0.2) is 23.7 Å². The van der Waals surface area contributed by atoms with Crippen molar-refractivity contribution in [3.05, 3.63) is 40.5 Å². The van der Waals surface area contributed by atoms with E-state index in [2.05, 4.69) is 27.8 Å². The quantitative estimate of drug-likeness (QED) is 0.506. The second-order valence-corrected chi connectivity index (χ2v) is 10.7. The van der Waals surface area contributed by atoms with E-state index in [-0.39, 0.29) is 17.7 Å². The number of nitrogens with one attached hydrogen (secondary N) is 2. The third-order valence-corrected chi connectivity index (χ3v) is 7.08. The first-order chi connectivity index (χ1) is 17.5. The van der Waals surface area contributed by atoms with Crippen molar-refractivity contribution >= 4 is 29.1 Å². The van der Waals surface area contributed by atoms with E-state index in [4.69, 9.17) is 0 Å². The first-order valence-electron chi connectivity index (χ1n) is 13.3. The molecule has 2 N–H and O–H groups in total. The van der Waals surface area contributed by atoms with Gasteiger partial charge < -0.3 is 15.5 Å². The molecule has 1 fully saturated rings. The van der Waals surface area contributed by atoms with Gasteiger partial charge in [-0.15, -0.1) is 11.3 Å². The van der Waals surface area contributed by atoms with E-state index in [1.807, 2.05) is 73.9 Å². The van der Waals surface area contributed by atoms with Crippen LogP contribution < -0.4 is 10.6 Å². The van der Waals surface area contributed by atoms with Gasteiger partial charge >= 0.3 is 0 Å². The molecule has 0 spiro atoms. The number of aromatic nitrogens is 1. The Morgan fingerprint density at radius 1 is 1.14 bits per heavy atom. The van der Waals surface area contributed by atoms with Crippen molar-refractivity contribution < 1.29 is 14.4 Å². The molecule has 2 atom stereocenters. The standard InChI is InChI=1S/C25H34N4O3S.2C2H6/c1-15-12-18(21-16(2)27-14-33-21)9-10-19(15)13-26-23(31)20-8-7-11-29(20)24(32)22(25(4,5)6)28-17(3)30;2*1-2/h9-10,12,14,20,22H,7-8,11,13H2,1-6H3,(H,26,31)(H,28,30);2*1-2H3. The van der Waals surface area contributed by atoms with E-state index in [9.17, 15) is 14.4 Å². The van der Waals surface area contributed by atoms with Crippen molar-refractivity contribution in [1.29, 1.82) is 0 Å². The molecule has 0 aliphatic carbocycles. The van der Waals surface area contributed by atoms with Crippen LogP contribution in [0, 0.1) is 19.3 Å². The fourth-order valence-electron chi connectivity index (χ4n) is 4.24. The van der Waals surface area contributed by atoms with Gasteiger partial charge in [0, 0.05) is 20.0 Å². The lowest BCUT2D eigenvalue weighted by atomic mass is 9.85. The van der Waals surface area contributed by atoms with E-state index >= 15 is 0 Å². The van der Waals surface area contributed by atoms with Crippen LogP contribution in [0.4, 0.5) is 0 Å². The van der Waals surface area contributed by atoms with E-state index in [0.29, 0.717) is 19.5 Å². The van der Waals surface area contributed by atoms with Gasteiger partial charge in [0.05, 0.1) is 16.1 Å². The van der Waals surface area contributed by atoms with Crippen LogP contribution in [-0.2, 0) is 20.9 Å². The van der Waals surface area contributed by atoms with E-state index < -0.39 is 17.5 Å². The predicted molar refractivity (Wildman–Crippen MR) is 153 cm³/mol. The van der Waals surface area contributed by atoms with Crippen molar-refractivity contribution in [1.82, 2.24) is 20.5 Å². The van der Waals surface area contributed by atoms with Gasteiger partial charge in [0.25, 0.3) is 0 Å². The van der Waals surface area contributed by atoms with Crippen LogP contribution in [0.1, 0.15) is 85.1 Å². The molecule has 3 rings (SSSR count). The molecule has 7 nitrogen and oxygen atoms in total. The van der Waals surface area contributed by atoms with Gasteiger partial charge in [-0.3, -0.25) is 14.4 Å². The van der Waals surface area contributed by atoms with Gasteiger partial charge in [-0.2, -0.15) is 0 Å². The second-order valence-electron chi connectivity index (χ2n) is 9.82. The van der Waals surface area contributed by atoms with Crippen LogP contribution in [0.2, 0.25) is 0 Å². The number of rotatable bonds is 6. The van der Waals surface area contributed by atoms with Crippen molar-refractivity contribution in [3.63, 3.8) is 0 Å². The minimum Gasteiger partial charge on any atom is -0.350 e. The summed E-state index contributed by atoms with van der Waals surface area (Å²) in [5.74, 6) is -0.607. The largest absolute Gasteiger partial charge is 0.350 e. The molecule has 0 radical (unpaired) electrons. The Balaban J connectivity index is 0.00000163. The summed E-state index contributed by atoms with van der Waals surface area (Å²) < 4.78 is 0. The number of thiazole rings is 1. The number of carbonyl (C=O) groups excluding carboxylic acids is 3. The van der Waals surface area contributed by atoms with Crippen LogP contribution in [0.5, 0.6) is 0 Å². The summed E-state index contributed by atoms with van der Waals surface area (Å²) in [6, 6.07) is 5.02. The maximum Gasteiger partial charge on any atom is 0.246 e. The van der Waals surface area contributed by atoms with Crippen molar-refractivity contribution in [2.75, 3.05) is 6.54 Å². The zero-order valence-electron chi connectivity index (χ0n) is 24.3. The lowest BCUT2D eigenvalue weighted by molar-refractivity contribution is -0.143. The average Bonchev–Trinajstić information content (AvgIpc) is 3.52. The van der Waals surface area contributed by atoms with E-state index in [0.717, 1.165) is 33.7 Å². The molecule has 0 bridgehead atoms.